The number of halogens is 2. The van der Waals surface area contributed by atoms with E-state index in [-0.39, 0.29) is 18.3 Å². The molecule has 21 heavy (non-hydrogen) atoms. The zero-order valence-electron chi connectivity index (χ0n) is 11.4. The van der Waals surface area contributed by atoms with Crippen molar-refractivity contribution in [3.8, 4) is 0 Å². The minimum Gasteiger partial charge on any atom is -0.325 e. The van der Waals surface area contributed by atoms with Crippen molar-refractivity contribution in [2.45, 2.75) is 6.42 Å². The predicted molar refractivity (Wildman–Crippen MR) is 83.1 cm³/mol. The molecular weight excluding hydrogens is 291 g/mol. The van der Waals surface area contributed by atoms with Crippen LogP contribution in [0.4, 0.5) is 10.1 Å². The Hall–Kier alpha value is -1.91. The molecule has 2 rings (SSSR count). The topological polar surface area (TPSA) is 41.1 Å². The van der Waals surface area contributed by atoms with Gasteiger partial charge in [-0.2, -0.15) is 0 Å². The van der Waals surface area contributed by atoms with E-state index in [1.54, 1.807) is 12.1 Å². The van der Waals surface area contributed by atoms with Crippen LogP contribution in [-0.2, 0) is 11.2 Å². The highest BCUT2D eigenvalue weighted by molar-refractivity contribution is 6.30. The van der Waals surface area contributed by atoms with Crippen LogP contribution >= 0.6 is 11.6 Å². The Kier molecular flexibility index (Phi) is 5.72. The van der Waals surface area contributed by atoms with Crippen molar-refractivity contribution < 1.29 is 9.18 Å². The Bertz CT molecular complexity index is 619. The number of rotatable bonds is 6. The normalized spacial score (nSPS) is 10.4. The first kappa shape index (κ1) is 15.5. The van der Waals surface area contributed by atoms with Crippen LogP contribution in [0.25, 0.3) is 0 Å². The van der Waals surface area contributed by atoms with E-state index >= 15 is 0 Å². The molecule has 0 bridgehead atoms. The number of carbonyl (C=O) groups excluding carboxylic acids is 1. The van der Waals surface area contributed by atoms with Crippen molar-refractivity contribution in [1.82, 2.24) is 5.32 Å². The van der Waals surface area contributed by atoms with Crippen molar-refractivity contribution in [2.75, 3.05) is 18.4 Å². The van der Waals surface area contributed by atoms with Gasteiger partial charge in [-0.15, -0.1) is 0 Å². The molecule has 0 aromatic heterocycles. The lowest BCUT2D eigenvalue weighted by molar-refractivity contribution is -0.115. The van der Waals surface area contributed by atoms with Gasteiger partial charge in [0, 0.05) is 10.7 Å². The number of carbonyl (C=O) groups is 1. The molecule has 2 aromatic carbocycles. The van der Waals surface area contributed by atoms with Gasteiger partial charge in [-0.05, 0) is 48.9 Å². The lowest BCUT2D eigenvalue weighted by Crippen LogP contribution is -2.29. The lowest BCUT2D eigenvalue weighted by Gasteiger charge is -2.07. The standard InChI is InChI=1S/C16H16ClFN2O/c17-13-4-1-3-12(9-13)7-8-19-11-16(21)20-15-6-2-5-14(18)10-15/h1-6,9-10,19H,7-8,11H2,(H,20,21). The molecule has 110 valence electrons. The maximum atomic E-state index is 13.0. The first-order valence-corrected chi connectivity index (χ1v) is 7.02. The van der Waals surface area contributed by atoms with E-state index in [1.807, 2.05) is 24.3 Å². The second-order valence-electron chi connectivity index (χ2n) is 4.62. The molecule has 5 heteroatoms. The summed E-state index contributed by atoms with van der Waals surface area (Å²) in [4.78, 5) is 11.7. The Labute approximate surface area is 128 Å². The molecule has 0 radical (unpaired) electrons. The lowest BCUT2D eigenvalue weighted by atomic mass is 10.1. The van der Waals surface area contributed by atoms with E-state index in [0.717, 1.165) is 12.0 Å². The summed E-state index contributed by atoms with van der Waals surface area (Å²) in [5.74, 6) is -0.576. The fourth-order valence-corrected chi connectivity index (χ4v) is 2.11. The van der Waals surface area contributed by atoms with E-state index in [9.17, 15) is 9.18 Å². The third kappa shape index (κ3) is 5.53. The molecule has 0 atom stereocenters. The zero-order chi connectivity index (χ0) is 15.1. The minimum absolute atomic E-state index is 0.178. The number of hydrogen-bond donors (Lipinski definition) is 2. The summed E-state index contributed by atoms with van der Waals surface area (Å²) in [6.45, 7) is 0.841. The molecule has 2 N–H and O–H groups in total. The summed E-state index contributed by atoms with van der Waals surface area (Å²) in [5.41, 5.74) is 1.57. The largest absolute Gasteiger partial charge is 0.325 e. The van der Waals surface area contributed by atoms with Gasteiger partial charge in [0.15, 0.2) is 0 Å². The molecule has 0 fully saturated rings. The molecule has 2 aromatic rings. The quantitative estimate of drug-likeness (QED) is 0.804. The summed E-state index contributed by atoms with van der Waals surface area (Å²) in [6.07, 6.45) is 0.786. The smallest absolute Gasteiger partial charge is 0.238 e. The average molecular weight is 307 g/mol. The molecule has 0 saturated carbocycles. The van der Waals surface area contributed by atoms with Crippen LogP contribution in [0.15, 0.2) is 48.5 Å². The maximum Gasteiger partial charge on any atom is 0.238 e. The number of amides is 1. The number of hydrogen-bond acceptors (Lipinski definition) is 2. The van der Waals surface area contributed by atoms with Gasteiger partial charge >= 0.3 is 0 Å². The van der Waals surface area contributed by atoms with E-state index < -0.39 is 0 Å². The van der Waals surface area contributed by atoms with Gasteiger partial charge in [0.1, 0.15) is 5.82 Å². The maximum absolute atomic E-state index is 13.0. The van der Waals surface area contributed by atoms with Gasteiger partial charge in [0.25, 0.3) is 0 Å². The van der Waals surface area contributed by atoms with Gasteiger partial charge in [-0.25, -0.2) is 4.39 Å². The zero-order valence-corrected chi connectivity index (χ0v) is 12.2. The molecule has 0 aliphatic heterocycles. The molecule has 0 spiro atoms. The van der Waals surface area contributed by atoms with Gasteiger partial charge in [0.2, 0.25) is 5.91 Å². The Morgan fingerprint density at radius 2 is 1.95 bits per heavy atom. The molecule has 3 nitrogen and oxygen atoms in total. The van der Waals surface area contributed by atoms with Gasteiger partial charge < -0.3 is 10.6 Å². The average Bonchev–Trinajstić information content (AvgIpc) is 2.44. The molecule has 1 amide bonds. The van der Waals surface area contributed by atoms with Gasteiger partial charge in [-0.1, -0.05) is 29.8 Å². The van der Waals surface area contributed by atoms with E-state index in [4.69, 9.17) is 11.6 Å². The summed E-state index contributed by atoms with van der Waals surface area (Å²) < 4.78 is 13.0. The molecule has 0 unspecified atom stereocenters. The summed E-state index contributed by atoms with van der Waals surface area (Å²) in [5, 5.41) is 6.37. The van der Waals surface area contributed by atoms with Crippen LogP contribution in [0.2, 0.25) is 5.02 Å². The van der Waals surface area contributed by atoms with Crippen molar-refractivity contribution >= 4 is 23.2 Å². The summed E-state index contributed by atoms with van der Waals surface area (Å²) in [7, 11) is 0. The van der Waals surface area contributed by atoms with Gasteiger partial charge in [0.05, 0.1) is 6.54 Å². The first-order valence-electron chi connectivity index (χ1n) is 6.64. The van der Waals surface area contributed by atoms with Crippen molar-refractivity contribution in [2.24, 2.45) is 0 Å². The molecule has 0 aliphatic carbocycles. The van der Waals surface area contributed by atoms with Gasteiger partial charge in [-0.3, -0.25) is 4.79 Å². The van der Waals surface area contributed by atoms with Crippen LogP contribution in [0.1, 0.15) is 5.56 Å². The Balaban J connectivity index is 1.70. The highest BCUT2D eigenvalue weighted by atomic mass is 35.5. The van der Waals surface area contributed by atoms with E-state index in [2.05, 4.69) is 10.6 Å². The summed E-state index contributed by atoms with van der Waals surface area (Å²) >= 11 is 5.90. The third-order valence-electron chi connectivity index (χ3n) is 2.87. The van der Waals surface area contributed by atoms with Crippen LogP contribution in [-0.4, -0.2) is 19.0 Å². The molecule has 0 aliphatic rings. The molecule has 0 saturated heterocycles. The Morgan fingerprint density at radius 3 is 2.71 bits per heavy atom. The SMILES string of the molecule is O=C(CNCCc1cccc(Cl)c1)Nc1cccc(F)c1. The fourth-order valence-electron chi connectivity index (χ4n) is 1.90. The number of nitrogens with one attached hydrogen (secondary N) is 2. The second kappa shape index (κ2) is 7.76. The Morgan fingerprint density at radius 1 is 1.14 bits per heavy atom. The van der Waals surface area contributed by atoms with Crippen LogP contribution in [0.3, 0.4) is 0 Å². The molecular formula is C16H16ClFN2O. The van der Waals surface area contributed by atoms with Crippen molar-refractivity contribution in [3.63, 3.8) is 0 Å². The van der Waals surface area contributed by atoms with Crippen molar-refractivity contribution in [3.05, 3.63) is 64.9 Å². The van der Waals surface area contributed by atoms with Crippen LogP contribution in [0, 0.1) is 5.82 Å². The highest BCUT2D eigenvalue weighted by Crippen LogP contribution is 2.11. The molecule has 0 heterocycles. The van der Waals surface area contributed by atoms with E-state index in [1.165, 1.54) is 12.1 Å². The van der Waals surface area contributed by atoms with Crippen LogP contribution in [0.5, 0.6) is 0 Å². The second-order valence-corrected chi connectivity index (χ2v) is 5.05. The minimum atomic E-state index is -0.373. The van der Waals surface area contributed by atoms with Crippen molar-refractivity contribution in [1.29, 1.82) is 0 Å². The predicted octanol–water partition coefficient (Wildman–Crippen LogP) is 3.25. The summed E-state index contributed by atoms with van der Waals surface area (Å²) in [6, 6.07) is 13.4. The number of anilines is 1. The third-order valence-corrected chi connectivity index (χ3v) is 3.11. The van der Waals surface area contributed by atoms with Crippen LogP contribution < -0.4 is 10.6 Å². The monoisotopic (exact) mass is 306 g/mol. The van der Waals surface area contributed by atoms with E-state index in [0.29, 0.717) is 17.3 Å². The highest BCUT2D eigenvalue weighted by Gasteiger charge is 2.02. The first-order chi connectivity index (χ1) is 10.1. The number of benzene rings is 2. The fraction of sp³-hybridized carbons (Fsp3) is 0.188.